The van der Waals surface area contributed by atoms with Crippen LogP contribution in [0.1, 0.15) is 63.5 Å². The number of nitrogens with zero attached hydrogens (tertiary/aromatic N) is 1. The van der Waals surface area contributed by atoms with Crippen LogP contribution in [0.3, 0.4) is 0 Å². The number of aliphatic hydroxyl groups is 1. The van der Waals surface area contributed by atoms with Crippen molar-refractivity contribution in [3.63, 3.8) is 0 Å². The largest absolute Gasteiger partial charge is 0.388 e. The monoisotopic (exact) mass is 273 g/mol. The van der Waals surface area contributed by atoms with Gasteiger partial charge >= 0.3 is 0 Å². The molecule has 1 aromatic rings. The summed E-state index contributed by atoms with van der Waals surface area (Å²) in [5, 5.41) is 10.3. The van der Waals surface area contributed by atoms with Crippen molar-refractivity contribution in [3.8, 4) is 0 Å². The molecule has 2 aliphatic rings. The van der Waals surface area contributed by atoms with Crippen LogP contribution in [0.25, 0.3) is 0 Å². The molecule has 1 aliphatic heterocycles. The summed E-state index contributed by atoms with van der Waals surface area (Å²) in [6, 6.07) is 9.20. The van der Waals surface area contributed by atoms with E-state index in [4.69, 9.17) is 0 Å². The Balaban J connectivity index is 1.87. The van der Waals surface area contributed by atoms with Gasteiger partial charge in [0.2, 0.25) is 0 Å². The molecule has 1 heterocycles. The highest BCUT2D eigenvalue weighted by atomic mass is 16.3. The molecule has 0 aromatic heterocycles. The first-order chi connectivity index (χ1) is 9.81. The van der Waals surface area contributed by atoms with Crippen molar-refractivity contribution < 1.29 is 5.11 Å². The first-order valence-electron chi connectivity index (χ1n) is 8.35. The summed E-state index contributed by atoms with van der Waals surface area (Å²) in [5.41, 5.74) is 2.41. The van der Waals surface area contributed by atoms with Gasteiger partial charge < -0.3 is 10.0 Å². The van der Waals surface area contributed by atoms with Gasteiger partial charge in [-0.05, 0) is 44.1 Å². The Morgan fingerprint density at radius 3 is 2.65 bits per heavy atom. The van der Waals surface area contributed by atoms with Crippen molar-refractivity contribution >= 4 is 5.69 Å². The predicted molar refractivity (Wildman–Crippen MR) is 84.0 cm³/mol. The van der Waals surface area contributed by atoms with Crippen LogP contribution in [-0.4, -0.2) is 17.7 Å². The molecule has 1 aromatic carbocycles. The van der Waals surface area contributed by atoms with Gasteiger partial charge in [0.25, 0.3) is 0 Å². The smallest absolute Gasteiger partial charge is 0.0807 e. The highest BCUT2D eigenvalue weighted by Crippen LogP contribution is 2.40. The Hall–Kier alpha value is -1.02. The summed E-state index contributed by atoms with van der Waals surface area (Å²) < 4.78 is 0. The van der Waals surface area contributed by atoms with Crippen LogP contribution in [-0.2, 0) is 0 Å². The fraction of sp³-hybridized carbons (Fsp3) is 0.667. The lowest BCUT2D eigenvalue weighted by Crippen LogP contribution is -2.35. The van der Waals surface area contributed by atoms with Crippen molar-refractivity contribution in [1.29, 1.82) is 0 Å². The van der Waals surface area contributed by atoms with Crippen LogP contribution in [0.5, 0.6) is 0 Å². The van der Waals surface area contributed by atoms with E-state index in [1.807, 2.05) is 0 Å². The Labute approximate surface area is 122 Å². The molecule has 2 atom stereocenters. The highest BCUT2D eigenvalue weighted by molar-refractivity contribution is 5.56. The second-order valence-corrected chi connectivity index (χ2v) is 6.43. The average Bonchev–Trinajstić information content (AvgIpc) is 3.16. The van der Waals surface area contributed by atoms with E-state index < -0.39 is 0 Å². The SMILES string of the molecule is CC[C@H](O)c1ccccc1N1CCCC1C1CCCC1. The molecule has 1 aliphatic carbocycles. The molecule has 1 saturated heterocycles. The van der Waals surface area contributed by atoms with Gasteiger partial charge in [0, 0.05) is 23.8 Å². The lowest BCUT2D eigenvalue weighted by molar-refractivity contribution is 0.174. The third kappa shape index (κ3) is 2.58. The molecule has 0 bridgehead atoms. The van der Waals surface area contributed by atoms with Gasteiger partial charge in [0.05, 0.1) is 6.10 Å². The number of anilines is 1. The zero-order valence-corrected chi connectivity index (χ0v) is 12.6. The van der Waals surface area contributed by atoms with E-state index in [1.165, 1.54) is 44.2 Å². The molecular weight excluding hydrogens is 246 g/mol. The third-order valence-electron chi connectivity index (χ3n) is 5.24. The number of hydrogen-bond donors (Lipinski definition) is 1. The number of para-hydroxylation sites is 1. The normalized spacial score (nSPS) is 25.3. The quantitative estimate of drug-likeness (QED) is 0.884. The number of rotatable bonds is 4. The molecule has 1 N–H and O–H groups in total. The van der Waals surface area contributed by atoms with Gasteiger partial charge in [0.15, 0.2) is 0 Å². The lowest BCUT2D eigenvalue weighted by Gasteiger charge is -2.33. The van der Waals surface area contributed by atoms with Gasteiger partial charge in [-0.15, -0.1) is 0 Å². The van der Waals surface area contributed by atoms with Crippen LogP contribution in [0.15, 0.2) is 24.3 Å². The molecule has 0 radical (unpaired) electrons. The zero-order chi connectivity index (χ0) is 13.9. The molecule has 1 saturated carbocycles. The van der Waals surface area contributed by atoms with Gasteiger partial charge in [-0.25, -0.2) is 0 Å². The van der Waals surface area contributed by atoms with E-state index in [1.54, 1.807) is 0 Å². The molecular formula is C18H27NO. The molecule has 1 unspecified atom stereocenters. The summed E-state index contributed by atoms with van der Waals surface area (Å²) in [6.07, 6.45) is 8.73. The Bertz CT molecular complexity index is 439. The van der Waals surface area contributed by atoms with E-state index in [-0.39, 0.29) is 6.10 Å². The maximum atomic E-state index is 10.3. The predicted octanol–water partition coefficient (Wildman–Crippen LogP) is 4.29. The third-order valence-corrected chi connectivity index (χ3v) is 5.24. The molecule has 2 heteroatoms. The second-order valence-electron chi connectivity index (χ2n) is 6.43. The standard InChI is InChI=1S/C18H27NO/c1-2-18(20)15-10-5-6-11-17(15)19-13-7-12-16(19)14-8-3-4-9-14/h5-6,10-11,14,16,18,20H,2-4,7-9,12-13H2,1H3/t16?,18-/m0/s1. The molecule has 2 nitrogen and oxygen atoms in total. The first kappa shape index (κ1) is 13.9. The van der Waals surface area contributed by atoms with E-state index in [9.17, 15) is 5.11 Å². The number of benzene rings is 1. The molecule has 2 fully saturated rings. The van der Waals surface area contributed by atoms with Crippen molar-refractivity contribution in [1.82, 2.24) is 0 Å². The molecule has 20 heavy (non-hydrogen) atoms. The summed E-state index contributed by atoms with van der Waals surface area (Å²) in [4.78, 5) is 2.60. The van der Waals surface area contributed by atoms with Crippen molar-refractivity contribution in [2.75, 3.05) is 11.4 Å². The van der Waals surface area contributed by atoms with Crippen molar-refractivity contribution in [2.24, 2.45) is 5.92 Å². The van der Waals surface area contributed by atoms with Gasteiger partial charge in [-0.3, -0.25) is 0 Å². The highest BCUT2D eigenvalue weighted by Gasteiger charge is 2.34. The minimum absolute atomic E-state index is 0.323. The van der Waals surface area contributed by atoms with Crippen LogP contribution in [0.2, 0.25) is 0 Å². The summed E-state index contributed by atoms with van der Waals surface area (Å²) in [5.74, 6) is 0.879. The Kier molecular flexibility index (Phi) is 4.30. The second kappa shape index (κ2) is 6.17. The molecule has 110 valence electrons. The molecule has 3 rings (SSSR count). The minimum atomic E-state index is -0.323. The Morgan fingerprint density at radius 2 is 1.90 bits per heavy atom. The molecule has 0 amide bonds. The van der Waals surface area contributed by atoms with Crippen LogP contribution >= 0.6 is 0 Å². The topological polar surface area (TPSA) is 23.5 Å². The maximum absolute atomic E-state index is 10.3. The average molecular weight is 273 g/mol. The fourth-order valence-electron chi connectivity index (χ4n) is 4.17. The number of hydrogen-bond acceptors (Lipinski definition) is 2. The van der Waals surface area contributed by atoms with Gasteiger partial charge in [-0.2, -0.15) is 0 Å². The first-order valence-corrected chi connectivity index (χ1v) is 8.35. The van der Waals surface area contributed by atoms with Gasteiger partial charge in [0.1, 0.15) is 0 Å². The van der Waals surface area contributed by atoms with E-state index in [2.05, 4.69) is 36.1 Å². The summed E-state index contributed by atoms with van der Waals surface area (Å²) in [6.45, 7) is 3.22. The summed E-state index contributed by atoms with van der Waals surface area (Å²) in [7, 11) is 0. The maximum Gasteiger partial charge on any atom is 0.0807 e. The van der Waals surface area contributed by atoms with E-state index in [0.717, 1.165) is 24.4 Å². The van der Waals surface area contributed by atoms with Gasteiger partial charge in [-0.1, -0.05) is 38.0 Å². The lowest BCUT2D eigenvalue weighted by atomic mass is 9.94. The van der Waals surface area contributed by atoms with Crippen LogP contribution < -0.4 is 4.90 Å². The van der Waals surface area contributed by atoms with Crippen molar-refractivity contribution in [3.05, 3.63) is 29.8 Å². The number of aliphatic hydroxyl groups excluding tert-OH is 1. The van der Waals surface area contributed by atoms with Crippen molar-refractivity contribution in [2.45, 2.75) is 64.0 Å². The zero-order valence-electron chi connectivity index (χ0n) is 12.6. The molecule has 0 spiro atoms. The fourth-order valence-corrected chi connectivity index (χ4v) is 4.17. The van der Waals surface area contributed by atoms with Crippen LogP contribution in [0, 0.1) is 5.92 Å². The van der Waals surface area contributed by atoms with E-state index >= 15 is 0 Å². The minimum Gasteiger partial charge on any atom is -0.388 e. The van der Waals surface area contributed by atoms with E-state index in [0.29, 0.717) is 6.04 Å². The van der Waals surface area contributed by atoms with Crippen LogP contribution in [0.4, 0.5) is 5.69 Å². The Morgan fingerprint density at radius 1 is 1.15 bits per heavy atom. The summed E-state index contributed by atoms with van der Waals surface area (Å²) >= 11 is 0.